The van der Waals surface area contributed by atoms with Crippen molar-refractivity contribution in [3.8, 4) is 0 Å². The van der Waals surface area contributed by atoms with Gasteiger partial charge in [-0.3, -0.25) is 4.79 Å². The van der Waals surface area contributed by atoms with Gasteiger partial charge >= 0.3 is 6.03 Å². The maximum Gasteiger partial charge on any atom is 0.315 e. The summed E-state index contributed by atoms with van der Waals surface area (Å²) in [6.45, 7) is 6.27. The molecule has 1 aliphatic rings. The van der Waals surface area contributed by atoms with E-state index in [0.717, 1.165) is 11.8 Å². The topological polar surface area (TPSA) is 151 Å². The van der Waals surface area contributed by atoms with E-state index in [-0.39, 0.29) is 30.5 Å². The summed E-state index contributed by atoms with van der Waals surface area (Å²) < 4.78 is 0. The Morgan fingerprint density at radius 1 is 0.926 bits per heavy atom. The molecule has 0 radical (unpaired) electrons. The van der Waals surface area contributed by atoms with Crippen LogP contribution < -0.4 is 16.0 Å². The monoisotopic (exact) mass is 407 g/mol. The lowest BCUT2D eigenvalue weighted by Crippen LogP contribution is -2.54. The summed E-state index contributed by atoms with van der Waals surface area (Å²) in [5.74, 6) is -0.273. The summed E-state index contributed by atoms with van der Waals surface area (Å²) in [6.07, 6.45) is -2.47. The highest BCUT2D eigenvalue weighted by molar-refractivity contribution is 8.00. The average molecular weight is 408 g/mol. The first-order valence-electron chi connectivity index (χ1n) is 9.18. The zero-order valence-corrected chi connectivity index (χ0v) is 17.0. The van der Waals surface area contributed by atoms with Crippen LogP contribution >= 0.6 is 11.8 Å². The van der Waals surface area contributed by atoms with Crippen molar-refractivity contribution >= 4 is 23.7 Å². The first-order valence-corrected chi connectivity index (χ1v) is 10.1. The normalized spacial score (nSPS) is 28.5. The molecule has 0 aromatic heterocycles. The van der Waals surface area contributed by atoms with Gasteiger partial charge in [0.25, 0.3) is 0 Å². The third-order valence-electron chi connectivity index (χ3n) is 4.08. The molecule has 5 atom stereocenters. The van der Waals surface area contributed by atoms with Gasteiger partial charge in [0, 0.05) is 30.3 Å². The van der Waals surface area contributed by atoms with Crippen molar-refractivity contribution in [1.29, 1.82) is 0 Å². The van der Waals surface area contributed by atoms with E-state index >= 15 is 0 Å². The Kier molecular flexibility index (Phi) is 9.82. The van der Waals surface area contributed by atoms with Crippen LogP contribution in [-0.2, 0) is 4.79 Å². The lowest BCUT2D eigenvalue weighted by Gasteiger charge is -2.39. The van der Waals surface area contributed by atoms with E-state index in [2.05, 4.69) is 16.0 Å². The number of carbonyl (C=O) groups is 2. The van der Waals surface area contributed by atoms with Gasteiger partial charge < -0.3 is 36.4 Å². The number of aliphatic hydroxyl groups is 4. The minimum absolute atomic E-state index is 0.0155. The van der Waals surface area contributed by atoms with Gasteiger partial charge in [-0.1, -0.05) is 0 Å². The second kappa shape index (κ2) is 11.1. The quantitative estimate of drug-likeness (QED) is 0.253. The highest BCUT2D eigenvalue weighted by Crippen LogP contribution is 2.34. The zero-order chi connectivity index (χ0) is 20.6. The molecule has 0 saturated carbocycles. The largest absolute Gasteiger partial charge is 0.395 e. The molecular weight excluding hydrogens is 374 g/mol. The number of urea groups is 1. The molecule has 0 spiro atoms. The number of thioether (sulfide) groups is 1. The molecule has 0 aromatic rings. The Balaban J connectivity index is 2.21. The van der Waals surface area contributed by atoms with Crippen molar-refractivity contribution in [2.75, 3.05) is 19.7 Å². The Hall–Kier alpha value is -1.07. The summed E-state index contributed by atoms with van der Waals surface area (Å²) in [4.78, 5) is 23.6. The molecule has 1 rings (SSSR count). The molecule has 0 bridgehead atoms. The predicted octanol–water partition coefficient (Wildman–Crippen LogP) is -1.07. The van der Waals surface area contributed by atoms with Crippen LogP contribution in [0.2, 0.25) is 0 Å². The number of rotatable bonds is 8. The number of carbonyl (C=O) groups excluding carboxylic acids is 2. The Morgan fingerprint density at radius 2 is 1.48 bits per heavy atom. The molecule has 1 heterocycles. The van der Waals surface area contributed by atoms with Gasteiger partial charge in [-0.2, -0.15) is 0 Å². The van der Waals surface area contributed by atoms with E-state index in [4.69, 9.17) is 0 Å². The fraction of sp³-hybridized carbons (Fsp3) is 0.882. The van der Waals surface area contributed by atoms with Gasteiger partial charge in [0.15, 0.2) is 0 Å². The van der Waals surface area contributed by atoms with Gasteiger partial charge in [-0.15, -0.1) is 11.8 Å². The van der Waals surface area contributed by atoms with Gasteiger partial charge in [-0.25, -0.2) is 4.79 Å². The summed E-state index contributed by atoms with van der Waals surface area (Å²) in [5, 5.41) is 45.9. The predicted molar refractivity (Wildman–Crippen MR) is 103 cm³/mol. The summed E-state index contributed by atoms with van der Waals surface area (Å²) in [5.41, 5.74) is -0.293. The van der Waals surface area contributed by atoms with Crippen LogP contribution in [0.4, 0.5) is 4.79 Å². The maximum atomic E-state index is 12.0. The van der Waals surface area contributed by atoms with Gasteiger partial charge in [-0.05, 0) is 33.6 Å². The summed E-state index contributed by atoms with van der Waals surface area (Å²) in [7, 11) is 0. The maximum absolute atomic E-state index is 12.0. The molecule has 158 valence electrons. The van der Waals surface area contributed by atoms with Crippen LogP contribution in [0, 0.1) is 0 Å². The van der Waals surface area contributed by atoms with Crippen LogP contribution in [0.15, 0.2) is 0 Å². The fourth-order valence-corrected chi connectivity index (χ4v) is 4.09. The first kappa shape index (κ1) is 24.0. The van der Waals surface area contributed by atoms with Crippen molar-refractivity contribution in [3.63, 3.8) is 0 Å². The van der Waals surface area contributed by atoms with E-state index in [1.54, 1.807) is 0 Å². The SMILES string of the molecule is CC(C)(C)NC(=O)NCCCCNC(=O)C[C@@H]1S[C@H](CO)[C@H](O)[C@H](O)[C@H]1O. The van der Waals surface area contributed by atoms with Crippen LogP contribution in [0.3, 0.4) is 0 Å². The highest BCUT2D eigenvalue weighted by atomic mass is 32.2. The molecule has 0 aromatic carbocycles. The third-order valence-corrected chi connectivity index (χ3v) is 5.65. The Labute approximate surface area is 164 Å². The van der Waals surface area contributed by atoms with E-state index in [1.165, 1.54) is 0 Å². The highest BCUT2D eigenvalue weighted by Gasteiger charge is 2.43. The van der Waals surface area contributed by atoms with Crippen LogP contribution in [0.25, 0.3) is 0 Å². The number of aliphatic hydroxyl groups excluding tert-OH is 4. The summed E-state index contributed by atoms with van der Waals surface area (Å²) in [6, 6.07) is -0.228. The Bertz CT molecular complexity index is 486. The van der Waals surface area contributed by atoms with E-state index in [9.17, 15) is 30.0 Å². The molecule has 3 amide bonds. The van der Waals surface area contributed by atoms with Crippen molar-refractivity contribution < 1.29 is 30.0 Å². The van der Waals surface area contributed by atoms with Gasteiger partial charge in [0.1, 0.15) is 6.10 Å². The standard InChI is InChI=1S/C17H33N3O6S/c1-17(2,3)20-16(26)19-7-5-4-6-18-12(22)8-10-13(23)15(25)14(24)11(9-21)27-10/h10-11,13-15,21,23-25H,4-9H2,1-3H3,(H,18,22)(H2,19,20,26)/t10-,11+,13-,14-,15+/m0/s1. The molecule has 27 heavy (non-hydrogen) atoms. The second-order valence-corrected chi connectivity index (χ2v) is 9.24. The number of unbranched alkanes of at least 4 members (excludes halogenated alkanes) is 1. The van der Waals surface area contributed by atoms with Crippen molar-refractivity contribution in [2.24, 2.45) is 0 Å². The number of hydrogen-bond donors (Lipinski definition) is 7. The first-order chi connectivity index (χ1) is 12.5. The molecule has 0 aliphatic carbocycles. The molecule has 1 fully saturated rings. The molecule has 0 unspecified atom stereocenters. The molecular formula is C17H33N3O6S. The molecule has 1 aliphatic heterocycles. The van der Waals surface area contributed by atoms with Crippen LogP contribution in [-0.4, -0.2) is 86.4 Å². The van der Waals surface area contributed by atoms with Gasteiger partial charge in [0.05, 0.1) is 24.1 Å². The smallest absolute Gasteiger partial charge is 0.315 e. The van der Waals surface area contributed by atoms with Gasteiger partial charge in [0.2, 0.25) is 5.91 Å². The molecule has 9 nitrogen and oxygen atoms in total. The van der Waals surface area contributed by atoms with Crippen LogP contribution in [0.1, 0.15) is 40.0 Å². The number of hydrogen-bond acceptors (Lipinski definition) is 7. The van der Waals surface area contributed by atoms with E-state index < -0.39 is 28.8 Å². The van der Waals surface area contributed by atoms with Crippen molar-refractivity contribution in [1.82, 2.24) is 16.0 Å². The average Bonchev–Trinajstić information content (AvgIpc) is 2.56. The van der Waals surface area contributed by atoms with Crippen molar-refractivity contribution in [2.45, 2.75) is 74.4 Å². The van der Waals surface area contributed by atoms with Crippen molar-refractivity contribution in [3.05, 3.63) is 0 Å². The fourth-order valence-electron chi connectivity index (χ4n) is 2.67. The zero-order valence-electron chi connectivity index (χ0n) is 16.1. The lowest BCUT2D eigenvalue weighted by atomic mass is 9.99. The third kappa shape index (κ3) is 8.65. The van der Waals surface area contributed by atoms with Crippen LogP contribution in [0.5, 0.6) is 0 Å². The molecule has 1 saturated heterocycles. The lowest BCUT2D eigenvalue weighted by molar-refractivity contribution is -0.122. The number of amides is 3. The minimum atomic E-state index is -1.38. The second-order valence-electron chi connectivity index (χ2n) is 7.76. The Morgan fingerprint density at radius 3 is 2.04 bits per heavy atom. The molecule has 10 heteroatoms. The molecule has 7 N–H and O–H groups in total. The van der Waals surface area contributed by atoms with E-state index in [1.807, 2.05) is 20.8 Å². The van der Waals surface area contributed by atoms with E-state index in [0.29, 0.717) is 25.9 Å². The summed E-state index contributed by atoms with van der Waals surface area (Å²) >= 11 is 1.11. The minimum Gasteiger partial charge on any atom is -0.395 e. The number of nitrogens with one attached hydrogen (secondary N) is 3.